The molecule has 0 aliphatic carbocycles. The Kier molecular flexibility index (Phi) is 4.71. The lowest BCUT2D eigenvalue weighted by Gasteiger charge is -2.14. The predicted molar refractivity (Wildman–Crippen MR) is 96.2 cm³/mol. The highest BCUT2D eigenvalue weighted by molar-refractivity contribution is 6.30. The van der Waals surface area contributed by atoms with E-state index in [1.165, 1.54) is 13.4 Å². The van der Waals surface area contributed by atoms with E-state index in [-0.39, 0.29) is 5.75 Å². The number of phenolic OH excluding ortho intramolecular Hbond substituents is 1. The SMILES string of the molecule is [CH2]CCc1ccc(Cl)cc1Nc1ncnc2cc(OC)c(O)cc12. The fourth-order valence-electron chi connectivity index (χ4n) is 2.54. The molecular formula is C18H17ClN3O2. The van der Waals surface area contributed by atoms with Crippen LogP contribution >= 0.6 is 11.6 Å². The van der Waals surface area contributed by atoms with E-state index in [1.807, 2.05) is 18.2 Å². The number of phenols is 1. The number of nitrogens with zero attached hydrogens (tertiary/aromatic N) is 2. The Balaban J connectivity index is 2.08. The summed E-state index contributed by atoms with van der Waals surface area (Å²) in [6.07, 6.45) is 3.06. The van der Waals surface area contributed by atoms with Crippen LogP contribution < -0.4 is 10.1 Å². The maximum absolute atomic E-state index is 10.0. The molecule has 5 nitrogen and oxygen atoms in total. The largest absolute Gasteiger partial charge is 0.504 e. The number of aromatic nitrogens is 2. The number of benzene rings is 2. The summed E-state index contributed by atoms with van der Waals surface area (Å²) in [6.45, 7) is 3.90. The van der Waals surface area contributed by atoms with Gasteiger partial charge in [-0.1, -0.05) is 24.6 Å². The number of hydrogen-bond donors (Lipinski definition) is 2. The molecule has 0 atom stereocenters. The number of nitrogens with one attached hydrogen (secondary N) is 1. The van der Waals surface area contributed by atoms with Crippen molar-refractivity contribution >= 4 is 34.0 Å². The molecule has 0 amide bonds. The number of methoxy groups -OCH3 is 1. The van der Waals surface area contributed by atoms with Gasteiger partial charge in [-0.05, 0) is 36.6 Å². The minimum absolute atomic E-state index is 0.0342. The molecule has 0 saturated carbocycles. The first kappa shape index (κ1) is 16.3. The van der Waals surface area contributed by atoms with Crippen LogP contribution in [0, 0.1) is 6.92 Å². The minimum atomic E-state index is 0.0342. The Morgan fingerprint density at radius 2 is 2.08 bits per heavy atom. The number of anilines is 2. The summed E-state index contributed by atoms with van der Waals surface area (Å²) in [7, 11) is 1.50. The maximum atomic E-state index is 10.0. The Labute approximate surface area is 145 Å². The summed E-state index contributed by atoms with van der Waals surface area (Å²) in [4.78, 5) is 8.53. The van der Waals surface area contributed by atoms with E-state index in [4.69, 9.17) is 16.3 Å². The summed E-state index contributed by atoms with van der Waals surface area (Å²) in [6, 6.07) is 8.94. The number of fused-ring (bicyclic) bond motifs is 1. The molecule has 2 N–H and O–H groups in total. The molecule has 123 valence electrons. The summed E-state index contributed by atoms with van der Waals surface area (Å²) >= 11 is 6.12. The van der Waals surface area contributed by atoms with E-state index in [0.29, 0.717) is 27.5 Å². The van der Waals surface area contributed by atoms with Gasteiger partial charge >= 0.3 is 0 Å². The van der Waals surface area contributed by atoms with Crippen LogP contribution in [-0.4, -0.2) is 22.2 Å². The lowest BCUT2D eigenvalue weighted by molar-refractivity contribution is 0.374. The minimum Gasteiger partial charge on any atom is -0.504 e. The maximum Gasteiger partial charge on any atom is 0.162 e. The van der Waals surface area contributed by atoms with Gasteiger partial charge in [0.2, 0.25) is 0 Å². The van der Waals surface area contributed by atoms with Crippen LogP contribution in [0.2, 0.25) is 5.02 Å². The molecular weight excluding hydrogens is 326 g/mol. The highest BCUT2D eigenvalue weighted by Crippen LogP contribution is 2.34. The average molecular weight is 343 g/mol. The quantitative estimate of drug-likeness (QED) is 0.714. The van der Waals surface area contributed by atoms with E-state index >= 15 is 0 Å². The Hall–Kier alpha value is -2.53. The predicted octanol–water partition coefficient (Wildman–Crippen LogP) is 4.51. The Morgan fingerprint density at radius 1 is 1.25 bits per heavy atom. The second kappa shape index (κ2) is 6.93. The molecule has 0 fully saturated rings. The van der Waals surface area contributed by atoms with Crippen LogP contribution in [0.15, 0.2) is 36.7 Å². The Morgan fingerprint density at radius 3 is 2.83 bits per heavy atom. The summed E-state index contributed by atoms with van der Waals surface area (Å²) in [5.41, 5.74) is 2.63. The first-order chi connectivity index (χ1) is 11.6. The zero-order chi connectivity index (χ0) is 17.1. The van der Waals surface area contributed by atoms with Crippen molar-refractivity contribution < 1.29 is 9.84 Å². The van der Waals surface area contributed by atoms with Crippen molar-refractivity contribution in [1.29, 1.82) is 0 Å². The van der Waals surface area contributed by atoms with E-state index in [0.717, 1.165) is 24.1 Å². The van der Waals surface area contributed by atoms with Gasteiger partial charge in [0.05, 0.1) is 12.6 Å². The second-order valence-electron chi connectivity index (χ2n) is 5.29. The standard InChI is InChI=1S/C18H17ClN3O2/c1-3-4-11-5-6-12(19)7-14(11)22-18-13-8-16(23)17(24-2)9-15(13)20-10-21-18/h5-10,23H,1,3-4H2,2H3,(H,20,21,22). The number of hydrogen-bond acceptors (Lipinski definition) is 5. The smallest absolute Gasteiger partial charge is 0.162 e. The van der Waals surface area contributed by atoms with Crippen LogP contribution in [0.3, 0.4) is 0 Å². The van der Waals surface area contributed by atoms with Crippen LogP contribution in [0.5, 0.6) is 11.5 Å². The molecule has 1 aromatic heterocycles. The lowest BCUT2D eigenvalue weighted by Crippen LogP contribution is -2.00. The molecule has 6 heteroatoms. The third-order valence-electron chi connectivity index (χ3n) is 3.71. The van der Waals surface area contributed by atoms with Crippen molar-refractivity contribution in [2.75, 3.05) is 12.4 Å². The van der Waals surface area contributed by atoms with E-state index in [2.05, 4.69) is 22.2 Å². The number of halogens is 1. The number of rotatable bonds is 5. The van der Waals surface area contributed by atoms with Crippen molar-refractivity contribution in [3.05, 3.63) is 54.2 Å². The first-order valence-electron chi connectivity index (χ1n) is 7.48. The molecule has 2 aromatic carbocycles. The number of aromatic hydroxyl groups is 1. The van der Waals surface area contributed by atoms with Gasteiger partial charge in [0.25, 0.3) is 0 Å². The van der Waals surface area contributed by atoms with E-state index < -0.39 is 0 Å². The molecule has 0 saturated heterocycles. The highest BCUT2D eigenvalue weighted by Gasteiger charge is 2.11. The molecule has 3 rings (SSSR count). The van der Waals surface area contributed by atoms with Gasteiger partial charge in [0.1, 0.15) is 12.1 Å². The monoisotopic (exact) mass is 342 g/mol. The van der Waals surface area contributed by atoms with Crippen LogP contribution in [0.25, 0.3) is 10.9 Å². The van der Waals surface area contributed by atoms with Gasteiger partial charge in [-0.3, -0.25) is 0 Å². The van der Waals surface area contributed by atoms with Crippen molar-refractivity contribution in [2.24, 2.45) is 0 Å². The zero-order valence-corrected chi connectivity index (χ0v) is 14.0. The van der Waals surface area contributed by atoms with Crippen molar-refractivity contribution in [3.8, 4) is 11.5 Å². The first-order valence-corrected chi connectivity index (χ1v) is 7.86. The van der Waals surface area contributed by atoms with Gasteiger partial charge in [0, 0.05) is 22.2 Å². The van der Waals surface area contributed by atoms with Crippen LogP contribution in [0.1, 0.15) is 12.0 Å². The molecule has 3 aromatic rings. The summed E-state index contributed by atoms with van der Waals surface area (Å²) < 4.78 is 5.12. The van der Waals surface area contributed by atoms with Gasteiger partial charge in [0.15, 0.2) is 11.5 Å². The summed E-state index contributed by atoms with van der Waals surface area (Å²) in [5.74, 6) is 0.991. The fraction of sp³-hybridized carbons (Fsp3) is 0.167. The Bertz CT molecular complexity index is 884. The zero-order valence-electron chi connectivity index (χ0n) is 13.2. The third kappa shape index (κ3) is 3.21. The summed E-state index contributed by atoms with van der Waals surface area (Å²) in [5, 5.41) is 14.7. The van der Waals surface area contributed by atoms with Crippen molar-refractivity contribution in [1.82, 2.24) is 9.97 Å². The molecule has 24 heavy (non-hydrogen) atoms. The fourth-order valence-corrected chi connectivity index (χ4v) is 2.71. The van der Waals surface area contributed by atoms with Gasteiger partial charge in [-0.2, -0.15) is 0 Å². The molecule has 0 unspecified atom stereocenters. The van der Waals surface area contributed by atoms with E-state index in [9.17, 15) is 5.11 Å². The normalized spacial score (nSPS) is 10.8. The molecule has 0 bridgehead atoms. The number of aryl methyl sites for hydroxylation is 1. The lowest BCUT2D eigenvalue weighted by atomic mass is 10.1. The van der Waals surface area contributed by atoms with Crippen molar-refractivity contribution in [3.63, 3.8) is 0 Å². The molecule has 1 heterocycles. The van der Waals surface area contributed by atoms with Crippen LogP contribution in [0.4, 0.5) is 11.5 Å². The molecule has 0 aliphatic rings. The van der Waals surface area contributed by atoms with Crippen molar-refractivity contribution in [2.45, 2.75) is 12.8 Å². The number of ether oxygens (including phenoxy) is 1. The second-order valence-corrected chi connectivity index (χ2v) is 5.73. The third-order valence-corrected chi connectivity index (χ3v) is 3.94. The average Bonchev–Trinajstić information content (AvgIpc) is 2.57. The van der Waals surface area contributed by atoms with Crippen LogP contribution in [-0.2, 0) is 6.42 Å². The van der Waals surface area contributed by atoms with Gasteiger partial charge in [-0.15, -0.1) is 0 Å². The van der Waals surface area contributed by atoms with Gasteiger partial charge < -0.3 is 15.2 Å². The molecule has 0 spiro atoms. The van der Waals surface area contributed by atoms with Gasteiger partial charge in [-0.25, -0.2) is 9.97 Å². The molecule has 1 radical (unpaired) electrons. The topological polar surface area (TPSA) is 67.3 Å². The van der Waals surface area contributed by atoms with E-state index in [1.54, 1.807) is 12.1 Å². The molecule has 0 aliphatic heterocycles. The highest BCUT2D eigenvalue weighted by atomic mass is 35.5.